The van der Waals surface area contributed by atoms with Gasteiger partial charge in [0.1, 0.15) is 5.75 Å². The van der Waals surface area contributed by atoms with E-state index < -0.39 is 24.2 Å². The number of ether oxygens (including phenoxy) is 2. The third kappa shape index (κ3) is 6.97. The molecule has 0 radical (unpaired) electrons. The fourth-order valence-electron chi connectivity index (χ4n) is 3.83. The molecule has 7 nitrogen and oxygen atoms in total. The average Bonchev–Trinajstić information content (AvgIpc) is 2.81. The largest absolute Gasteiger partial charge is 0.494 e. The lowest BCUT2D eigenvalue weighted by molar-refractivity contribution is -0.136. The van der Waals surface area contributed by atoms with E-state index in [2.05, 4.69) is 20.4 Å². The predicted octanol–water partition coefficient (Wildman–Crippen LogP) is 4.66. The number of amides is 2. The zero-order chi connectivity index (χ0) is 25.6. The maximum absolute atomic E-state index is 13.2. The molecule has 1 aromatic carbocycles. The summed E-state index contributed by atoms with van der Waals surface area (Å²) < 4.78 is 46.9. The summed E-state index contributed by atoms with van der Waals surface area (Å²) in [6.45, 7) is 3.72. The molecule has 0 spiro atoms. The molecule has 1 atom stereocenters. The second-order valence-corrected chi connectivity index (χ2v) is 8.58. The van der Waals surface area contributed by atoms with Gasteiger partial charge >= 0.3 is 12.3 Å². The van der Waals surface area contributed by atoms with Crippen molar-refractivity contribution in [2.24, 2.45) is 0 Å². The number of aromatic nitrogens is 1. The molecule has 2 amide bonds. The summed E-state index contributed by atoms with van der Waals surface area (Å²) in [5.41, 5.74) is 2.68. The number of carbonyl (C=O) groups is 2. The number of hydrogen-bond acceptors (Lipinski definition) is 5. The fourth-order valence-corrected chi connectivity index (χ4v) is 3.83. The highest BCUT2D eigenvalue weighted by molar-refractivity contribution is 6.04. The van der Waals surface area contributed by atoms with Crippen LogP contribution in [0.25, 0.3) is 5.57 Å². The summed E-state index contributed by atoms with van der Waals surface area (Å²) in [5, 5.41) is 5.58. The van der Waals surface area contributed by atoms with E-state index in [0.717, 1.165) is 11.1 Å². The second kappa shape index (κ2) is 10.8. The van der Waals surface area contributed by atoms with E-state index in [1.165, 1.54) is 7.11 Å². The number of pyridine rings is 1. The van der Waals surface area contributed by atoms with E-state index in [1.807, 2.05) is 26.0 Å². The van der Waals surface area contributed by atoms with Gasteiger partial charge in [-0.2, -0.15) is 13.2 Å². The number of nitrogens with zero attached hydrogens (tertiary/aromatic N) is 1. The Morgan fingerprint density at radius 1 is 1.20 bits per heavy atom. The first-order valence-electron chi connectivity index (χ1n) is 11.1. The molecule has 1 aliphatic rings. The lowest BCUT2D eigenvalue weighted by Crippen LogP contribution is -2.49. The minimum Gasteiger partial charge on any atom is -0.494 e. The zero-order valence-corrected chi connectivity index (χ0v) is 19.8. The van der Waals surface area contributed by atoms with E-state index in [9.17, 15) is 22.8 Å². The number of benzene rings is 1. The van der Waals surface area contributed by atoms with Gasteiger partial charge in [0.05, 0.1) is 31.5 Å². The van der Waals surface area contributed by atoms with Gasteiger partial charge in [-0.15, -0.1) is 0 Å². The third-order valence-corrected chi connectivity index (χ3v) is 5.74. The Hall–Kier alpha value is -3.56. The van der Waals surface area contributed by atoms with Gasteiger partial charge in [-0.1, -0.05) is 18.2 Å². The van der Waals surface area contributed by atoms with Gasteiger partial charge in [0.25, 0.3) is 0 Å². The van der Waals surface area contributed by atoms with Gasteiger partial charge in [0, 0.05) is 24.6 Å². The number of hydrogen-bond donors (Lipinski definition) is 2. The SMILES string of the molecule is COC(=O)NCC1=C(c2ccc(C)cn2)C[C@@](C)(c2ccc(OCCCC(F)(F)F)cc2)NC1=O. The number of aryl methyl sites for hydroxylation is 1. The summed E-state index contributed by atoms with van der Waals surface area (Å²) in [6, 6.07) is 10.6. The number of alkyl halides is 3. The van der Waals surface area contributed by atoms with Gasteiger partial charge in [-0.05, 0) is 55.2 Å². The van der Waals surface area contributed by atoms with Crippen molar-refractivity contribution in [3.8, 4) is 5.75 Å². The van der Waals surface area contributed by atoms with Crippen molar-refractivity contribution < 1.29 is 32.2 Å². The van der Waals surface area contributed by atoms with Crippen LogP contribution in [-0.2, 0) is 15.1 Å². The molecular formula is C25H28F3N3O4. The normalized spacial score (nSPS) is 18.2. The fraction of sp³-hybridized carbons (Fsp3) is 0.400. The van der Waals surface area contributed by atoms with Crippen LogP contribution >= 0.6 is 0 Å². The molecule has 1 aromatic heterocycles. The molecule has 35 heavy (non-hydrogen) atoms. The molecule has 188 valence electrons. The predicted molar refractivity (Wildman–Crippen MR) is 124 cm³/mol. The molecule has 0 unspecified atom stereocenters. The van der Waals surface area contributed by atoms with E-state index in [0.29, 0.717) is 29.0 Å². The number of carbonyl (C=O) groups excluding carboxylic acids is 2. The van der Waals surface area contributed by atoms with Crippen LogP contribution in [0.15, 0.2) is 48.2 Å². The van der Waals surface area contributed by atoms with Crippen molar-refractivity contribution in [3.05, 3.63) is 65.0 Å². The van der Waals surface area contributed by atoms with Gasteiger partial charge in [0.2, 0.25) is 5.91 Å². The summed E-state index contributed by atoms with van der Waals surface area (Å²) in [7, 11) is 1.24. The molecule has 1 aliphatic heterocycles. The molecule has 0 aliphatic carbocycles. The molecule has 10 heteroatoms. The maximum Gasteiger partial charge on any atom is 0.407 e. The van der Waals surface area contributed by atoms with E-state index >= 15 is 0 Å². The summed E-state index contributed by atoms with van der Waals surface area (Å²) in [5.74, 6) is 0.0978. The first-order chi connectivity index (χ1) is 16.5. The topological polar surface area (TPSA) is 89.6 Å². The Labute approximate surface area is 201 Å². The molecule has 2 N–H and O–H groups in total. The standard InChI is InChI=1S/C25H28F3N3O4/c1-16-5-10-21(29-14-16)19-13-24(2,31-22(32)20(19)15-30-23(33)34-3)17-6-8-18(9-7-17)35-12-4-11-25(26,27)28/h5-10,14H,4,11-13,15H2,1-3H3,(H,30,33)(H,31,32)/t24-/m0/s1. The Bertz CT molecular complexity index is 1080. The number of methoxy groups -OCH3 is 1. The first kappa shape index (κ1) is 26.1. The van der Waals surface area contributed by atoms with Crippen LogP contribution in [0.1, 0.15) is 43.0 Å². The van der Waals surface area contributed by atoms with Crippen LogP contribution in [-0.4, -0.2) is 43.4 Å². The van der Waals surface area contributed by atoms with Crippen molar-refractivity contribution in [1.82, 2.24) is 15.6 Å². The van der Waals surface area contributed by atoms with Crippen molar-refractivity contribution >= 4 is 17.6 Å². The van der Waals surface area contributed by atoms with E-state index in [-0.39, 0.29) is 25.5 Å². The maximum atomic E-state index is 13.2. The van der Waals surface area contributed by atoms with Gasteiger partial charge < -0.3 is 20.1 Å². The summed E-state index contributed by atoms with van der Waals surface area (Å²) >= 11 is 0. The van der Waals surface area contributed by atoms with Crippen molar-refractivity contribution in [3.63, 3.8) is 0 Å². The van der Waals surface area contributed by atoms with Crippen LogP contribution < -0.4 is 15.4 Å². The van der Waals surface area contributed by atoms with Crippen LogP contribution in [0.5, 0.6) is 5.75 Å². The highest BCUT2D eigenvalue weighted by Gasteiger charge is 2.38. The van der Waals surface area contributed by atoms with E-state index in [1.54, 1.807) is 30.5 Å². The molecule has 0 saturated carbocycles. The molecular weight excluding hydrogens is 463 g/mol. The van der Waals surface area contributed by atoms with Crippen LogP contribution in [0.2, 0.25) is 0 Å². The molecule has 0 saturated heterocycles. The average molecular weight is 492 g/mol. The Morgan fingerprint density at radius 2 is 1.91 bits per heavy atom. The monoisotopic (exact) mass is 491 g/mol. The zero-order valence-electron chi connectivity index (χ0n) is 19.8. The Kier molecular flexibility index (Phi) is 8.03. The lowest BCUT2D eigenvalue weighted by Gasteiger charge is -2.37. The van der Waals surface area contributed by atoms with Gasteiger partial charge in [-0.3, -0.25) is 9.78 Å². The molecule has 2 aromatic rings. The van der Waals surface area contributed by atoms with Gasteiger partial charge in [0.15, 0.2) is 0 Å². The number of halogens is 3. The first-order valence-corrected chi connectivity index (χ1v) is 11.1. The number of alkyl carbamates (subject to hydrolysis) is 1. The smallest absolute Gasteiger partial charge is 0.407 e. The summed E-state index contributed by atoms with van der Waals surface area (Å²) in [6.07, 6.45) is -3.77. The molecule has 2 heterocycles. The highest BCUT2D eigenvalue weighted by atomic mass is 19.4. The number of rotatable bonds is 8. The summed E-state index contributed by atoms with van der Waals surface area (Å²) in [4.78, 5) is 29.2. The van der Waals surface area contributed by atoms with Crippen molar-refractivity contribution in [2.45, 2.75) is 44.8 Å². The van der Waals surface area contributed by atoms with Crippen LogP contribution in [0.4, 0.5) is 18.0 Å². The van der Waals surface area contributed by atoms with Crippen LogP contribution in [0.3, 0.4) is 0 Å². The number of nitrogens with one attached hydrogen (secondary N) is 2. The van der Waals surface area contributed by atoms with Crippen molar-refractivity contribution in [1.29, 1.82) is 0 Å². The molecule has 0 fully saturated rings. The quantitative estimate of drug-likeness (QED) is 0.525. The van der Waals surface area contributed by atoms with Gasteiger partial charge in [-0.25, -0.2) is 4.79 Å². The lowest BCUT2D eigenvalue weighted by atomic mass is 9.79. The van der Waals surface area contributed by atoms with Crippen LogP contribution in [0, 0.1) is 6.92 Å². The third-order valence-electron chi connectivity index (χ3n) is 5.74. The van der Waals surface area contributed by atoms with E-state index in [4.69, 9.17) is 4.74 Å². The second-order valence-electron chi connectivity index (χ2n) is 8.58. The minimum atomic E-state index is -4.20. The highest BCUT2D eigenvalue weighted by Crippen LogP contribution is 2.38. The Balaban J connectivity index is 1.82. The van der Waals surface area contributed by atoms with Crippen molar-refractivity contribution in [2.75, 3.05) is 20.3 Å². The molecule has 0 bridgehead atoms. The molecule has 3 rings (SSSR count). The minimum absolute atomic E-state index is 0.0236. The Morgan fingerprint density at radius 3 is 2.51 bits per heavy atom.